The molecule has 4 rings (SSSR count). The van der Waals surface area contributed by atoms with Gasteiger partial charge < -0.3 is 4.52 Å². The molecule has 0 bridgehead atoms. The minimum atomic E-state index is -0.172. The van der Waals surface area contributed by atoms with Gasteiger partial charge in [-0.3, -0.25) is 9.55 Å². The molecule has 0 aliphatic carbocycles. The van der Waals surface area contributed by atoms with Gasteiger partial charge in [0, 0.05) is 17.3 Å². The van der Waals surface area contributed by atoms with Gasteiger partial charge in [-0.1, -0.05) is 35.5 Å². The quantitative estimate of drug-likeness (QED) is 0.621. The van der Waals surface area contributed by atoms with Crippen molar-refractivity contribution in [3.63, 3.8) is 0 Å². The van der Waals surface area contributed by atoms with E-state index in [0.29, 0.717) is 5.65 Å². The van der Waals surface area contributed by atoms with Crippen LogP contribution in [0.2, 0.25) is 0 Å². The van der Waals surface area contributed by atoms with Crippen molar-refractivity contribution < 1.29 is 4.52 Å². The van der Waals surface area contributed by atoms with Crippen LogP contribution in [-0.2, 0) is 0 Å². The predicted octanol–water partition coefficient (Wildman–Crippen LogP) is 3.61. The lowest BCUT2D eigenvalue weighted by atomic mass is 10.1. The molecular weight excluding hydrogens is 316 g/mol. The Kier molecular flexibility index (Phi) is 3.53. The van der Waals surface area contributed by atoms with Gasteiger partial charge in [-0.2, -0.15) is 0 Å². The van der Waals surface area contributed by atoms with Gasteiger partial charge in [0.15, 0.2) is 5.65 Å². The van der Waals surface area contributed by atoms with Crippen LogP contribution >= 0.6 is 0 Å². The Bertz CT molecular complexity index is 1090. The van der Waals surface area contributed by atoms with E-state index in [0.717, 1.165) is 33.7 Å². The van der Waals surface area contributed by atoms with E-state index in [2.05, 4.69) is 15.1 Å². The third-order valence-corrected chi connectivity index (χ3v) is 4.56. The minimum Gasteiger partial charge on any atom is -0.361 e. The highest BCUT2D eigenvalue weighted by Crippen LogP contribution is 2.29. The molecule has 25 heavy (non-hydrogen) atoms. The van der Waals surface area contributed by atoms with Gasteiger partial charge in [0.25, 0.3) is 0 Å². The highest BCUT2D eigenvalue weighted by Gasteiger charge is 2.18. The van der Waals surface area contributed by atoms with Crippen LogP contribution in [0.5, 0.6) is 0 Å². The zero-order valence-electron chi connectivity index (χ0n) is 14.3. The van der Waals surface area contributed by atoms with Crippen LogP contribution < -0.4 is 5.69 Å². The van der Waals surface area contributed by atoms with Crippen LogP contribution in [0.1, 0.15) is 30.0 Å². The number of benzene rings is 1. The fourth-order valence-corrected chi connectivity index (χ4v) is 3.30. The first-order valence-electron chi connectivity index (χ1n) is 8.14. The molecule has 0 aliphatic heterocycles. The lowest BCUT2D eigenvalue weighted by Gasteiger charge is -2.14. The average molecular weight is 334 g/mol. The smallest absolute Gasteiger partial charge is 0.328 e. The van der Waals surface area contributed by atoms with Crippen molar-refractivity contribution in [2.75, 3.05) is 0 Å². The number of hydrogen-bond donors (Lipinski definition) is 1. The number of imidazole rings is 1. The maximum absolute atomic E-state index is 12.5. The molecule has 0 radical (unpaired) electrons. The molecule has 126 valence electrons. The van der Waals surface area contributed by atoms with E-state index in [1.165, 1.54) is 0 Å². The van der Waals surface area contributed by atoms with E-state index >= 15 is 0 Å². The number of pyridine rings is 1. The number of rotatable bonds is 3. The molecule has 6 nitrogen and oxygen atoms in total. The molecular formula is C19H18N4O2. The summed E-state index contributed by atoms with van der Waals surface area (Å²) in [6.07, 6.45) is 1.74. The van der Waals surface area contributed by atoms with Crippen LogP contribution in [-0.4, -0.2) is 19.7 Å². The van der Waals surface area contributed by atoms with Gasteiger partial charge in [0.05, 0.1) is 17.3 Å². The zero-order valence-corrected chi connectivity index (χ0v) is 14.3. The summed E-state index contributed by atoms with van der Waals surface area (Å²) >= 11 is 0. The van der Waals surface area contributed by atoms with Crippen LogP contribution in [0.25, 0.3) is 22.3 Å². The minimum absolute atomic E-state index is 0.107. The van der Waals surface area contributed by atoms with Gasteiger partial charge in [0.2, 0.25) is 0 Å². The topological polar surface area (TPSA) is 76.7 Å². The van der Waals surface area contributed by atoms with Gasteiger partial charge in [-0.25, -0.2) is 9.78 Å². The molecule has 0 amide bonds. The summed E-state index contributed by atoms with van der Waals surface area (Å²) in [7, 11) is 0. The molecule has 0 spiro atoms. The number of aromatic nitrogens is 4. The molecule has 6 heteroatoms. The summed E-state index contributed by atoms with van der Waals surface area (Å²) in [4.78, 5) is 19.8. The number of hydrogen-bond acceptors (Lipinski definition) is 4. The number of aromatic amines is 1. The van der Waals surface area contributed by atoms with Crippen molar-refractivity contribution in [1.29, 1.82) is 0 Å². The molecule has 0 saturated heterocycles. The molecule has 0 saturated carbocycles. The van der Waals surface area contributed by atoms with Crippen LogP contribution in [0.4, 0.5) is 0 Å². The van der Waals surface area contributed by atoms with Crippen LogP contribution in [0.15, 0.2) is 51.9 Å². The highest BCUT2D eigenvalue weighted by molar-refractivity contribution is 5.79. The summed E-state index contributed by atoms with van der Waals surface area (Å²) in [6, 6.07) is 11.8. The third-order valence-electron chi connectivity index (χ3n) is 4.56. The normalized spacial score (nSPS) is 12.6. The van der Waals surface area contributed by atoms with Crippen LogP contribution in [0.3, 0.4) is 0 Å². The lowest BCUT2D eigenvalue weighted by Crippen LogP contribution is -2.21. The molecule has 0 aliphatic rings. The molecule has 1 N–H and O–H groups in total. The van der Waals surface area contributed by atoms with E-state index in [1.807, 2.05) is 57.2 Å². The van der Waals surface area contributed by atoms with Gasteiger partial charge >= 0.3 is 5.69 Å². The first-order valence-corrected chi connectivity index (χ1v) is 8.14. The Morgan fingerprint density at radius 1 is 1.20 bits per heavy atom. The third kappa shape index (κ3) is 2.46. The Hall–Kier alpha value is -3.15. The standard InChI is InChI=1S/C19H18N4O2/c1-11-17(13(3)25-22-11)15-9-16-18(20-10-15)21-19(24)23(16)12(2)14-7-5-4-6-8-14/h4-10,12H,1-3H3,(H,20,21,24). The van der Waals surface area contributed by atoms with Crippen molar-refractivity contribution in [3.8, 4) is 11.1 Å². The Morgan fingerprint density at radius 2 is 1.96 bits per heavy atom. The Labute approximate surface area is 144 Å². The summed E-state index contributed by atoms with van der Waals surface area (Å²) in [5.74, 6) is 0.735. The molecule has 1 atom stereocenters. The number of aryl methyl sites for hydroxylation is 2. The molecule has 3 aromatic heterocycles. The van der Waals surface area contributed by atoms with Crippen molar-refractivity contribution in [2.45, 2.75) is 26.8 Å². The first kappa shape index (κ1) is 15.4. The second kappa shape index (κ2) is 5.73. The summed E-state index contributed by atoms with van der Waals surface area (Å²) in [6.45, 7) is 5.77. The van der Waals surface area contributed by atoms with Gasteiger partial charge in [0.1, 0.15) is 5.76 Å². The van der Waals surface area contributed by atoms with E-state index < -0.39 is 0 Å². The van der Waals surface area contributed by atoms with E-state index in [4.69, 9.17) is 4.52 Å². The van der Waals surface area contributed by atoms with Crippen molar-refractivity contribution in [2.24, 2.45) is 0 Å². The molecule has 3 heterocycles. The Balaban J connectivity index is 1.92. The van der Waals surface area contributed by atoms with Gasteiger partial charge in [-0.15, -0.1) is 0 Å². The van der Waals surface area contributed by atoms with E-state index in [-0.39, 0.29) is 11.7 Å². The molecule has 4 aromatic rings. The lowest BCUT2D eigenvalue weighted by molar-refractivity contribution is 0.393. The number of nitrogens with one attached hydrogen (secondary N) is 1. The van der Waals surface area contributed by atoms with E-state index in [1.54, 1.807) is 10.8 Å². The van der Waals surface area contributed by atoms with E-state index in [9.17, 15) is 4.79 Å². The average Bonchev–Trinajstić information content (AvgIpc) is 3.12. The van der Waals surface area contributed by atoms with Crippen molar-refractivity contribution in [1.82, 2.24) is 19.7 Å². The second-order valence-electron chi connectivity index (χ2n) is 6.18. The number of fused-ring (bicyclic) bond motifs is 1. The number of H-pyrrole nitrogens is 1. The summed E-state index contributed by atoms with van der Waals surface area (Å²) < 4.78 is 7.00. The largest absolute Gasteiger partial charge is 0.361 e. The molecule has 1 unspecified atom stereocenters. The van der Waals surface area contributed by atoms with Crippen molar-refractivity contribution >= 4 is 11.2 Å². The van der Waals surface area contributed by atoms with Crippen molar-refractivity contribution in [3.05, 3.63) is 70.1 Å². The number of nitrogens with zero attached hydrogens (tertiary/aromatic N) is 3. The van der Waals surface area contributed by atoms with Crippen LogP contribution in [0, 0.1) is 13.8 Å². The van der Waals surface area contributed by atoms with Gasteiger partial charge in [-0.05, 0) is 32.4 Å². The predicted molar refractivity (Wildman–Crippen MR) is 95.6 cm³/mol. The fraction of sp³-hybridized carbons (Fsp3) is 0.211. The second-order valence-corrected chi connectivity index (χ2v) is 6.18. The SMILES string of the molecule is Cc1noc(C)c1-c1cnc2[nH]c(=O)n(C(C)c3ccccc3)c2c1. The maximum Gasteiger partial charge on any atom is 0.328 e. The molecule has 1 aromatic carbocycles. The highest BCUT2D eigenvalue weighted by atomic mass is 16.5. The zero-order chi connectivity index (χ0) is 17.6. The fourth-order valence-electron chi connectivity index (χ4n) is 3.30. The molecule has 0 fully saturated rings. The summed E-state index contributed by atoms with van der Waals surface area (Å²) in [5, 5.41) is 4.00. The maximum atomic E-state index is 12.5. The Morgan fingerprint density at radius 3 is 2.64 bits per heavy atom. The first-order chi connectivity index (χ1) is 12.1. The summed E-state index contributed by atoms with van der Waals surface area (Å²) in [5.41, 5.74) is 4.84. The monoisotopic (exact) mass is 334 g/mol.